The summed E-state index contributed by atoms with van der Waals surface area (Å²) >= 11 is 0. The zero-order chi connectivity index (χ0) is 19.0. The number of benzene rings is 1. The van der Waals surface area contributed by atoms with Crippen molar-refractivity contribution in [1.29, 1.82) is 0 Å². The number of carbonyl (C=O) groups excluding carboxylic acids is 1. The van der Waals surface area contributed by atoms with Crippen molar-refractivity contribution in [2.24, 2.45) is 12.8 Å². The smallest absolute Gasteiger partial charge is 0.276 e. The second kappa shape index (κ2) is 6.92. The number of hydrogen-bond donors (Lipinski definition) is 1. The SMILES string of the molecule is Cn1ccnc1[C@@H]1CN(C(=O)c2cn(Cc3cccc(F)c3)nn2)C[C@H]1N. The number of rotatable bonds is 4. The van der Waals surface area contributed by atoms with Gasteiger partial charge in [-0.1, -0.05) is 17.3 Å². The normalized spacial score (nSPS) is 19.6. The van der Waals surface area contributed by atoms with Crippen LogP contribution in [0, 0.1) is 5.82 Å². The molecule has 4 rings (SSSR count). The molecule has 2 aromatic heterocycles. The molecule has 3 aromatic rings. The number of imidazole rings is 1. The topological polar surface area (TPSA) is 94.9 Å². The molecule has 0 bridgehead atoms. The lowest BCUT2D eigenvalue weighted by molar-refractivity contribution is 0.0783. The summed E-state index contributed by atoms with van der Waals surface area (Å²) < 4.78 is 16.7. The summed E-state index contributed by atoms with van der Waals surface area (Å²) in [6.45, 7) is 1.27. The first-order valence-corrected chi connectivity index (χ1v) is 8.68. The molecule has 27 heavy (non-hydrogen) atoms. The van der Waals surface area contributed by atoms with Crippen molar-refractivity contribution in [3.63, 3.8) is 0 Å². The molecule has 9 heteroatoms. The Morgan fingerprint density at radius 2 is 2.22 bits per heavy atom. The van der Waals surface area contributed by atoms with Crippen molar-refractivity contribution in [2.45, 2.75) is 18.5 Å². The van der Waals surface area contributed by atoms with Gasteiger partial charge in [-0.05, 0) is 17.7 Å². The molecule has 1 aromatic carbocycles. The van der Waals surface area contributed by atoms with Gasteiger partial charge in [-0.15, -0.1) is 5.10 Å². The first-order valence-electron chi connectivity index (χ1n) is 8.68. The number of hydrogen-bond acceptors (Lipinski definition) is 5. The maximum absolute atomic E-state index is 13.3. The summed E-state index contributed by atoms with van der Waals surface area (Å²) in [6.07, 6.45) is 5.17. The van der Waals surface area contributed by atoms with Gasteiger partial charge in [0, 0.05) is 38.6 Å². The van der Waals surface area contributed by atoms with E-state index in [0.29, 0.717) is 19.6 Å². The van der Waals surface area contributed by atoms with E-state index >= 15 is 0 Å². The Kier molecular flexibility index (Phi) is 4.44. The molecule has 2 atom stereocenters. The van der Waals surface area contributed by atoms with Gasteiger partial charge < -0.3 is 15.2 Å². The van der Waals surface area contributed by atoms with Crippen LogP contribution in [-0.2, 0) is 13.6 Å². The minimum absolute atomic E-state index is 0.0173. The van der Waals surface area contributed by atoms with Crippen LogP contribution in [0.2, 0.25) is 0 Å². The molecule has 0 spiro atoms. The molecule has 0 unspecified atom stereocenters. The number of aromatic nitrogens is 5. The van der Waals surface area contributed by atoms with E-state index < -0.39 is 0 Å². The zero-order valence-corrected chi connectivity index (χ0v) is 14.9. The van der Waals surface area contributed by atoms with Crippen molar-refractivity contribution in [2.75, 3.05) is 13.1 Å². The largest absolute Gasteiger partial charge is 0.338 e. The maximum atomic E-state index is 13.3. The average Bonchev–Trinajstić information content (AvgIpc) is 3.35. The summed E-state index contributed by atoms with van der Waals surface area (Å²) in [4.78, 5) is 18.8. The van der Waals surface area contributed by atoms with Crippen LogP contribution < -0.4 is 5.73 Å². The molecule has 3 heterocycles. The molecule has 0 saturated carbocycles. The number of aryl methyl sites for hydroxylation is 1. The lowest BCUT2D eigenvalue weighted by Crippen LogP contribution is -2.32. The summed E-state index contributed by atoms with van der Waals surface area (Å²) in [5, 5.41) is 7.96. The van der Waals surface area contributed by atoms with Crippen LogP contribution in [0.5, 0.6) is 0 Å². The molecule has 140 valence electrons. The van der Waals surface area contributed by atoms with Crippen molar-refractivity contribution in [3.8, 4) is 0 Å². The first kappa shape index (κ1) is 17.3. The van der Waals surface area contributed by atoms with Crippen LogP contribution in [0.3, 0.4) is 0 Å². The number of halogens is 1. The third-order valence-electron chi connectivity index (χ3n) is 4.83. The predicted molar refractivity (Wildman–Crippen MR) is 95.4 cm³/mol. The third-order valence-corrected chi connectivity index (χ3v) is 4.83. The molecule has 0 aliphatic carbocycles. The molecule has 1 amide bonds. The highest BCUT2D eigenvalue weighted by Crippen LogP contribution is 2.26. The average molecular weight is 369 g/mol. The van der Waals surface area contributed by atoms with Gasteiger partial charge in [0.05, 0.1) is 18.7 Å². The Hall–Kier alpha value is -3.07. The molecule has 1 aliphatic heterocycles. The van der Waals surface area contributed by atoms with E-state index in [1.165, 1.54) is 16.8 Å². The van der Waals surface area contributed by atoms with Crippen LogP contribution in [0.1, 0.15) is 27.8 Å². The van der Waals surface area contributed by atoms with Crippen molar-refractivity contribution < 1.29 is 9.18 Å². The lowest BCUT2D eigenvalue weighted by atomic mass is 10.0. The lowest BCUT2D eigenvalue weighted by Gasteiger charge is -2.14. The van der Waals surface area contributed by atoms with E-state index in [-0.39, 0.29) is 29.4 Å². The fourth-order valence-corrected chi connectivity index (χ4v) is 3.46. The van der Waals surface area contributed by atoms with Gasteiger partial charge in [0.15, 0.2) is 5.69 Å². The minimum Gasteiger partial charge on any atom is -0.338 e. The standard InChI is InChI=1S/C18H20FN7O/c1-24-6-5-21-17(24)14-9-25(10-15(14)20)18(27)16-11-26(23-22-16)8-12-3-2-4-13(19)7-12/h2-7,11,14-15H,8-10,20H2,1H3/t14-,15-/m1/s1. The first-order chi connectivity index (χ1) is 13.0. The number of nitrogens with two attached hydrogens (primary N) is 1. The molecule has 1 saturated heterocycles. The van der Waals surface area contributed by atoms with Gasteiger partial charge in [-0.25, -0.2) is 14.1 Å². The highest BCUT2D eigenvalue weighted by molar-refractivity contribution is 5.92. The summed E-state index contributed by atoms with van der Waals surface area (Å²) in [7, 11) is 1.91. The molecule has 0 radical (unpaired) electrons. The second-order valence-corrected chi connectivity index (χ2v) is 6.81. The van der Waals surface area contributed by atoms with Crippen molar-refractivity contribution >= 4 is 5.91 Å². The van der Waals surface area contributed by atoms with Crippen LogP contribution in [0.4, 0.5) is 4.39 Å². The molecule has 2 N–H and O–H groups in total. The van der Waals surface area contributed by atoms with E-state index in [0.717, 1.165) is 11.4 Å². The van der Waals surface area contributed by atoms with Crippen LogP contribution in [-0.4, -0.2) is 54.5 Å². The van der Waals surface area contributed by atoms with E-state index in [1.54, 1.807) is 29.4 Å². The number of nitrogens with zero attached hydrogens (tertiary/aromatic N) is 6. The number of amides is 1. The number of likely N-dealkylation sites (tertiary alicyclic amines) is 1. The van der Waals surface area contributed by atoms with E-state index in [1.807, 2.05) is 17.8 Å². The fourth-order valence-electron chi connectivity index (χ4n) is 3.46. The van der Waals surface area contributed by atoms with Gasteiger partial charge in [0.25, 0.3) is 5.91 Å². The van der Waals surface area contributed by atoms with Gasteiger partial charge in [0.2, 0.25) is 0 Å². The summed E-state index contributed by atoms with van der Waals surface area (Å²) in [6, 6.07) is 6.06. The van der Waals surface area contributed by atoms with Crippen LogP contribution in [0.15, 0.2) is 42.9 Å². The van der Waals surface area contributed by atoms with Crippen molar-refractivity contribution in [1.82, 2.24) is 29.4 Å². The quantitative estimate of drug-likeness (QED) is 0.733. The van der Waals surface area contributed by atoms with E-state index in [4.69, 9.17) is 5.73 Å². The van der Waals surface area contributed by atoms with Gasteiger partial charge >= 0.3 is 0 Å². The Morgan fingerprint density at radius 1 is 1.37 bits per heavy atom. The van der Waals surface area contributed by atoms with Crippen LogP contribution in [0.25, 0.3) is 0 Å². The molecular weight excluding hydrogens is 349 g/mol. The Balaban J connectivity index is 1.46. The number of carbonyl (C=O) groups is 1. The van der Waals surface area contributed by atoms with E-state index in [9.17, 15) is 9.18 Å². The zero-order valence-electron chi connectivity index (χ0n) is 14.9. The predicted octanol–water partition coefficient (Wildman–Crippen LogP) is 0.766. The molecule has 1 aliphatic rings. The minimum atomic E-state index is -0.310. The molecule has 1 fully saturated rings. The van der Waals surface area contributed by atoms with Crippen LogP contribution >= 0.6 is 0 Å². The van der Waals surface area contributed by atoms with Gasteiger partial charge in [0.1, 0.15) is 11.6 Å². The van der Waals surface area contributed by atoms with Gasteiger partial charge in [-0.2, -0.15) is 0 Å². The summed E-state index contributed by atoms with van der Waals surface area (Å²) in [5.41, 5.74) is 7.24. The maximum Gasteiger partial charge on any atom is 0.276 e. The monoisotopic (exact) mass is 369 g/mol. The Bertz CT molecular complexity index is 966. The fraction of sp³-hybridized carbons (Fsp3) is 0.333. The summed E-state index contributed by atoms with van der Waals surface area (Å²) in [5.74, 6) is 0.326. The highest BCUT2D eigenvalue weighted by atomic mass is 19.1. The highest BCUT2D eigenvalue weighted by Gasteiger charge is 2.37. The Labute approximate surface area is 155 Å². The third kappa shape index (κ3) is 3.45. The van der Waals surface area contributed by atoms with Crippen molar-refractivity contribution in [3.05, 3.63) is 65.8 Å². The molecule has 8 nitrogen and oxygen atoms in total. The van der Waals surface area contributed by atoms with Gasteiger partial charge in [-0.3, -0.25) is 4.79 Å². The van der Waals surface area contributed by atoms with E-state index in [2.05, 4.69) is 15.3 Å². The molecular formula is C18H20FN7O. The Morgan fingerprint density at radius 3 is 2.96 bits per heavy atom. The second-order valence-electron chi connectivity index (χ2n) is 6.81.